The van der Waals surface area contributed by atoms with Crippen LogP contribution >= 0.6 is 0 Å². The first kappa shape index (κ1) is 20.7. The van der Waals surface area contributed by atoms with Crippen LogP contribution in [0.3, 0.4) is 0 Å². The van der Waals surface area contributed by atoms with E-state index < -0.39 is 9.84 Å². The number of sulfone groups is 1. The van der Waals surface area contributed by atoms with Crippen molar-refractivity contribution >= 4 is 22.5 Å². The summed E-state index contributed by atoms with van der Waals surface area (Å²) in [6, 6.07) is 0.428. The van der Waals surface area contributed by atoms with Gasteiger partial charge in [-0.15, -0.1) is 0 Å². The maximum atomic E-state index is 13.0. The fraction of sp³-hybridized carbons (Fsp3) is 0.632. The van der Waals surface area contributed by atoms with Crippen LogP contribution < -0.4 is 0 Å². The van der Waals surface area contributed by atoms with Crippen molar-refractivity contribution in [2.75, 3.05) is 5.88 Å². The van der Waals surface area contributed by atoms with Gasteiger partial charge in [0.25, 0.3) is 0 Å². The Morgan fingerprint density at radius 1 is 1.32 bits per heavy atom. The summed E-state index contributed by atoms with van der Waals surface area (Å²) in [5.74, 6) is 0.633. The van der Waals surface area contributed by atoms with Gasteiger partial charge in [-0.05, 0) is 53.2 Å². The van der Waals surface area contributed by atoms with Crippen LogP contribution in [0.4, 0.5) is 0 Å². The Morgan fingerprint density at radius 3 is 2.50 bits per heavy atom. The molecule has 1 unspecified atom stereocenters. The molecule has 2 aliphatic rings. The number of H-pyrrole nitrogens is 1. The van der Waals surface area contributed by atoms with Crippen molar-refractivity contribution in [3.05, 3.63) is 23.3 Å². The summed E-state index contributed by atoms with van der Waals surface area (Å²) in [4.78, 5) is 10.5. The van der Waals surface area contributed by atoms with Crippen LogP contribution in [-0.2, 0) is 14.6 Å². The number of aromatic amines is 1. The third kappa shape index (κ3) is 4.35. The van der Waals surface area contributed by atoms with Gasteiger partial charge in [0.15, 0.2) is 15.7 Å². The number of hydrogen-bond acceptors (Lipinski definition) is 7. The number of rotatable bonds is 6. The number of nitrogens with zero attached hydrogens (tertiary/aromatic N) is 4. The number of aryl methyl sites for hydroxylation is 2. The van der Waals surface area contributed by atoms with Gasteiger partial charge >= 0.3 is 0 Å². The van der Waals surface area contributed by atoms with Crippen LogP contribution in [0.2, 0.25) is 0 Å². The summed E-state index contributed by atoms with van der Waals surface area (Å²) in [7, 11) is -3.42. The molecule has 3 rings (SSSR count). The van der Waals surface area contributed by atoms with Crippen LogP contribution in [0.25, 0.3) is 0 Å². The summed E-state index contributed by atoms with van der Waals surface area (Å²) < 4.78 is 32.0. The third-order valence-corrected chi connectivity index (χ3v) is 7.41. The fourth-order valence-electron chi connectivity index (χ4n) is 4.29. The zero-order valence-electron chi connectivity index (χ0n) is 17.0. The lowest BCUT2D eigenvalue weighted by Gasteiger charge is -2.38. The first-order valence-electron chi connectivity index (χ1n) is 9.56. The molecular formula is C19H29N5O3S. The Bertz CT molecular complexity index is 869. The van der Waals surface area contributed by atoms with Gasteiger partial charge < -0.3 is 4.74 Å². The monoisotopic (exact) mass is 407 g/mol. The van der Waals surface area contributed by atoms with Gasteiger partial charge in [0.2, 0.25) is 0 Å². The van der Waals surface area contributed by atoms with E-state index in [1.165, 1.54) is 0 Å². The lowest BCUT2D eigenvalue weighted by atomic mass is 10.0. The van der Waals surface area contributed by atoms with E-state index in [1.54, 1.807) is 20.0 Å². The lowest BCUT2D eigenvalue weighted by Crippen LogP contribution is -2.47. The molecule has 1 aromatic rings. The zero-order chi connectivity index (χ0) is 20.5. The van der Waals surface area contributed by atoms with E-state index >= 15 is 0 Å². The lowest BCUT2D eigenvalue weighted by molar-refractivity contribution is 0.0533. The van der Waals surface area contributed by atoms with E-state index in [0.29, 0.717) is 22.2 Å². The number of hydrogen-bond donors (Lipinski definition) is 1. The Hall–Kier alpha value is -2.00. The Morgan fingerprint density at radius 2 is 1.96 bits per heavy atom. The molecule has 0 aromatic carbocycles. The molecule has 0 radical (unpaired) electrons. The molecule has 0 spiro atoms. The molecule has 9 heteroatoms. The Kier molecular flexibility index (Phi) is 6.04. The molecule has 0 amide bonds. The molecule has 3 heterocycles. The second-order valence-electron chi connectivity index (χ2n) is 7.69. The minimum absolute atomic E-state index is 0.0380. The van der Waals surface area contributed by atoms with E-state index in [1.807, 2.05) is 13.8 Å². The predicted octanol–water partition coefficient (Wildman–Crippen LogP) is 2.75. The highest BCUT2D eigenvalue weighted by molar-refractivity contribution is 7.91. The number of fused-ring (bicyclic) bond motifs is 2. The molecule has 154 valence electrons. The fourth-order valence-corrected chi connectivity index (χ4v) is 6.24. The van der Waals surface area contributed by atoms with Gasteiger partial charge in [-0.1, -0.05) is 0 Å². The van der Waals surface area contributed by atoms with Crippen LogP contribution in [0, 0.1) is 13.8 Å². The van der Waals surface area contributed by atoms with Crippen LogP contribution in [-0.4, -0.2) is 60.2 Å². The van der Waals surface area contributed by atoms with Crippen LogP contribution in [0.1, 0.15) is 50.9 Å². The molecular weight excluding hydrogens is 378 g/mol. The second-order valence-corrected chi connectivity index (χ2v) is 9.59. The van der Waals surface area contributed by atoms with E-state index in [9.17, 15) is 8.42 Å². The maximum Gasteiger partial charge on any atom is 0.195 e. The van der Waals surface area contributed by atoms with Crippen molar-refractivity contribution in [3.63, 3.8) is 0 Å². The number of allylic oxidation sites excluding steroid dienone is 1. The number of piperidine rings is 1. The predicted molar refractivity (Wildman–Crippen MR) is 109 cm³/mol. The molecule has 0 aliphatic carbocycles. The number of aromatic nitrogens is 2. The highest BCUT2D eigenvalue weighted by Crippen LogP contribution is 2.38. The number of aliphatic imine (C=N–C) groups is 2. The quantitative estimate of drug-likeness (QED) is 0.577. The number of ether oxygens (including phenoxy) is 1. The molecule has 0 saturated carbocycles. The topological polar surface area (TPSA) is 100 Å². The Balaban J connectivity index is 1.67. The maximum absolute atomic E-state index is 13.0. The summed E-state index contributed by atoms with van der Waals surface area (Å²) in [6.07, 6.45) is 5.31. The summed E-state index contributed by atoms with van der Waals surface area (Å²) in [6.45, 7) is 10.6. The van der Waals surface area contributed by atoms with Crippen molar-refractivity contribution in [1.29, 1.82) is 0 Å². The standard InChI is InChI=1S/C19H29N5O3S/c1-12(20-5)10-21-15(4)27-18-8-16-6-7-17(9-18)24(16)11-28(25,26)19-13(2)22-23-14(19)3/h10,16-18H,5-9,11H2,1-4H3,(H,22,23)/b12-10-,21-15?/t16-,17+,18?. The van der Waals surface area contributed by atoms with Gasteiger partial charge in [0.05, 0.1) is 23.3 Å². The average Bonchev–Trinajstić information content (AvgIpc) is 3.07. The largest absolute Gasteiger partial charge is 0.478 e. The molecule has 2 fully saturated rings. The molecule has 2 bridgehead atoms. The van der Waals surface area contributed by atoms with Crippen LogP contribution in [0.15, 0.2) is 26.8 Å². The first-order valence-corrected chi connectivity index (χ1v) is 11.2. The van der Waals surface area contributed by atoms with E-state index in [-0.39, 0.29) is 24.1 Å². The SMILES string of the molecule is C=N/C(C)=C\N=C(C)OC1C[C@H]2CC[C@@H](C1)N2CS(=O)(=O)c1c(C)n[nH]c1C. The zero-order valence-corrected chi connectivity index (χ0v) is 17.8. The van der Waals surface area contributed by atoms with Crippen molar-refractivity contribution in [1.82, 2.24) is 15.1 Å². The molecule has 2 aliphatic heterocycles. The molecule has 1 aromatic heterocycles. The van der Waals surface area contributed by atoms with E-state index in [0.717, 1.165) is 31.4 Å². The normalized spacial score (nSPS) is 26.5. The summed E-state index contributed by atoms with van der Waals surface area (Å²) >= 11 is 0. The minimum Gasteiger partial charge on any atom is -0.478 e. The number of nitrogens with one attached hydrogen (secondary N) is 1. The van der Waals surface area contributed by atoms with Crippen molar-refractivity contribution in [2.45, 2.75) is 76.5 Å². The third-order valence-electron chi connectivity index (χ3n) is 5.55. The highest BCUT2D eigenvalue weighted by Gasteiger charge is 2.44. The summed E-state index contributed by atoms with van der Waals surface area (Å²) in [5, 5.41) is 6.81. The first-order chi connectivity index (χ1) is 13.2. The van der Waals surface area contributed by atoms with Gasteiger partial charge in [0.1, 0.15) is 16.9 Å². The highest BCUT2D eigenvalue weighted by atomic mass is 32.2. The van der Waals surface area contributed by atoms with Crippen molar-refractivity contribution in [3.8, 4) is 0 Å². The minimum atomic E-state index is -3.42. The van der Waals surface area contributed by atoms with Gasteiger partial charge in [-0.2, -0.15) is 5.10 Å². The van der Waals surface area contributed by atoms with E-state index in [2.05, 4.69) is 31.8 Å². The van der Waals surface area contributed by atoms with Crippen molar-refractivity contribution in [2.24, 2.45) is 9.98 Å². The second kappa shape index (κ2) is 8.16. The van der Waals surface area contributed by atoms with Crippen LogP contribution in [0.5, 0.6) is 0 Å². The van der Waals surface area contributed by atoms with Gasteiger partial charge in [-0.25, -0.2) is 13.4 Å². The average molecular weight is 408 g/mol. The molecule has 8 nitrogen and oxygen atoms in total. The summed E-state index contributed by atoms with van der Waals surface area (Å²) in [5.41, 5.74) is 1.87. The van der Waals surface area contributed by atoms with Gasteiger partial charge in [0, 0.05) is 19.0 Å². The van der Waals surface area contributed by atoms with Gasteiger partial charge in [-0.3, -0.25) is 15.0 Å². The van der Waals surface area contributed by atoms with E-state index in [4.69, 9.17) is 4.74 Å². The molecule has 28 heavy (non-hydrogen) atoms. The smallest absolute Gasteiger partial charge is 0.195 e. The molecule has 3 atom stereocenters. The molecule has 2 saturated heterocycles. The molecule has 1 N–H and O–H groups in total. The Labute approximate surface area is 166 Å². The van der Waals surface area contributed by atoms with Crippen molar-refractivity contribution < 1.29 is 13.2 Å².